The molecular formula is C62H46N2. The maximum absolute atomic E-state index is 2.46. The Balaban J connectivity index is 1.04. The minimum absolute atomic E-state index is 0.124. The van der Waals surface area contributed by atoms with Crippen molar-refractivity contribution < 1.29 is 0 Å². The van der Waals surface area contributed by atoms with Crippen LogP contribution in [0.3, 0.4) is 0 Å². The Hall–Kier alpha value is -7.94. The molecule has 0 saturated heterocycles. The van der Waals surface area contributed by atoms with Gasteiger partial charge in [-0.15, -0.1) is 0 Å². The largest absolute Gasteiger partial charge is 0.311 e. The highest BCUT2D eigenvalue weighted by molar-refractivity contribution is 5.99. The summed E-state index contributed by atoms with van der Waals surface area (Å²) in [7, 11) is 0. The molecule has 0 spiro atoms. The summed E-state index contributed by atoms with van der Waals surface area (Å²) in [6, 6.07) is 89.5. The summed E-state index contributed by atoms with van der Waals surface area (Å²) < 4.78 is 0. The van der Waals surface area contributed by atoms with E-state index >= 15 is 0 Å². The van der Waals surface area contributed by atoms with E-state index < -0.39 is 5.41 Å². The zero-order chi connectivity index (χ0) is 42.8. The monoisotopic (exact) mass is 818 g/mol. The van der Waals surface area contributed by atoms with E-state index in [1.54, 1.807) is 0 Å². The van der Waals surface area contributed by atoms with Crippen molar-refractivity contribution in [2.75, 3.05) is 9.80 Å². The van der Waals surface area contributed by atoms with Crippen LogP contribution in [0.2, 0.25) is 0 Å². The van der Waals surface area contributed by atoms with Crippen molar-refractivity contribution in [1.82, 2.24) is 0 Å². The molecule has 2 aliphatic carbocycles. The third kappa shape index (κ3) is 5.72. The van der Waals surface area contributed by atoms with Gasteiger partial charge in [-0.25, -0.2) is 0 Å². The van der Waals surface area contributed by atoms with Gasteiger partial charge in [-0.3, -0.25) is 0 Å². The molecule has 0 amide bonds. The lowest BCUT2D eigenvalue weighted by Crippen LogP contribution is -2.28. The molecule has 0 aromatic heterocycles. The zero-order valence-corrected chi connectivity index (χ0v) is 36.0. The molecule has 2 nitrogen and oxygen atoms in total. The number of fused-ring (bicyclic) bond motifs is 7. The van der Waals surface area contributed by atoms with Gasteiger partial charge in [-0.05, 0) is 128 Å². The van der Waals surface area contributed by atoms with E-state index in [0.29, 0.717) is 0 Å². The summed E-state index contributed by atoms with van der Waals surface area (Å²) in [4.78, 5) is 4.80. The Kier molecular flexibility index (Phi) is 8.77. The molecule has 12 rings (SSSR count). The Morgan fingerprint density at radius 3 is 1.31 bits per heavy atom. The minimum atomic E-state index is -0.553. The number of hydrogen-bond acceptors (Lipinski definition) is 2. The Labute approximate surface area is 376 Å². The van der Waals surface area contributed by atoms with Crippen LogP contribution < -0.4 is 9.80 Å². The Morgan fingerprint density at radius 1 is 0.297 bits per heavy atom. The van der Waals surface area contributed by atoms with Gasteiger partial charge in [-0.1, -0.05) is 190 Å². The average molecular weight is 819 g/mol. The summed E-state index contributed by atoms with van der Waals surface area (Å²) in [5, 5.41) is 2.43. The summed E-state index contributed by atoms with van der Waals surface area (Å²) in [6.45, 7) is 4.73. The maximum Gasteiger partial charge on any atom is 0.0713 e. The molecule has 0 radical (unpaired) electrons. The molecule has 0 N–H and O–H groups in total. The second kappa shape index (κ2) is 14.9. The lowest BCUT2D eigenvalue weighted by Gasteiger charge is -2.35. The van der Waals surface area contributed by atoms with Gasteiger partial charge in [0, 0.05) is 39.2 Å². The fourth-order valence-electron chi connectivity index (χ4n) is 11.0. The number of nitrogens with zero attached hydrogens (tertiary/aromatic N) is 2. The fraction of sp³-hybridized carbons (Fsp3) is 0.0645. The number of benzene rings is 10. The number of rotatable bonds is 8. The summed E-state index contributed by atoms with van der Waals surface area (Å²) in [5.74, 6) is 0. The first-order valence-corrected chi connectivity index (χ1v) is 22.3. The van der Waals surface area contributed by atoms with Crippen LogP contribution in [0.15, 0.2) is 243 Å². The predicted molar refractivity (Wildman–Crippen MR) is 268 cm³/mol. The number of hydrogen-bond donors (Lipinski definition) is 0. The molecule has 10 aromatic rings. The van der Waals surface area contributed by atoms with Gasteiger partial charge in [0.05, 0.1) is 11.1 Å². The molecule has 0 fully saturated rings. The third-order valence-corrected chi connectivity index (χ3v) is 13.9. The van der Waals surface area contributed by atoms with Gasteiger partial charge in [0.1, 0.15) is 0 Å². The molecule has 0 heterocycles. The van der Waals surface area contributed by atoms with Crippen LogP contribution in [-0.4, -0.2) is 0 Å². The van der Waals surface area contributed by atoms with Crippen molar-refractivity contribution >= 4 is 44.9 Å². The molecule has 0 bridgehead atoms. The standard InChI is InChI=1S/C62H46N2/c1-61(2)56-28-14-11-25-52(56)55-41-40-50(42-59(55)61)64(60-31-17-19-43-18-9-10-24-51(43)60)49-38-34-45(35-39-49)62(57-29-15-12-26-53(57)54-27-13-16-30-58(54)62)44-32-36-48(37-33-44)63(46-20-5-3-6-21-46)47-22-7-4-8-23-47/h3-42H,1-2H3. The number of anilines is 6. The zero-order valence-electron chi connectivity index (χ0n) is 36.0. The van der Waals surface area contributed by atoms with Crippen LogP contribution in [0.4, 0.5) is 34.1 Å². The first kappa shape index (κ1) is 37.8. The van der Waals surface area contributed by atoms with Gasteiger partial charge in [0.15, 0.2) is 0 Å². The molecule has 0 atom stereocenters. The topological polar surface area (TPSA) is 6.48 Å². The molecule has 2 heteroatoms. The summed E-state index contributed by atoms with van der Waals surface area (Å²) in [5.41, 5.74) is 19.1. The van der Waals surface area contributed by atoms with Crippen LogP contribution in [-0.2, 0) is 10.8 Å². The molecule has 0 aliphatic heterocycles. The van der Waals surface area contributed by atoms with Crippen molar-refractivity contribution in [2.24, 2.45) is 0 Å². The quantitative estimate of drug-likeness (QED) is 0.151. The van der Waals surface area contributed by atoms with Gasteiger partial charge in [-0.2, -0.15) is 0 Å². The first-order valence-electron chi connectivity index (χ1n) is 22.3. The van der Waals surface area contributed by atoms with Crippen molar-refractivity contribution in [3.05, 3.63) is 276 Å². The summed E-state index contributed by atoms with van der Waals surface area (Å²) >= 11 is 0. The SMILES string of the molecule is CC1(C)c2ccccc2-c2ccc(N(c3ccc(C4(c5ccc(N(c6ccccc6)c6ccccc6)cc5)c5ccccc5-c5ccccc54)cc3)c3cccc4ccccc34)cc21. The van der Waals surface area contributed by atoms with Crippen molar-refractivity contribution in [2.45, 2.75) is 24.7 Å². The molecule has 10 aromatic carbocycles. The van der Waals surface area contributed by atoms with Crippen molar-refractivity contribution in [3.63, 3.8) is 0 Å². The molecule has 64 heavy (non-hydrogen) atoms. The number of para-hydroxylation sites is 2. The molecule has 0 unspecified atom stereocenters. The lowest BCUT2D eigenvalue weighted by molar-refractivity contribution is 0.660. The summed E-state index contributed by atoms with van der Waals surface area (Å²) in [6.07, 6.45) is 0. The lowest BCUT2D eigenvalue weighted by atomic mass is 9.67. The van der Waals surface area contributed by atoms with Gasteiger partial charge >= 0.3 is 0 Å². The highest BCUT2D eigenvalue weighted by atomic mass is 15.1. The Bertz CT molecular complexity index is 3260. The van der Waals surface area contributed by atoms with Crippen LogP contribution in [0, 0.1) is 0 Å². The minimum Gasteiger partial charge on any atom is -0.311 e. The smallest absolute Gasteiger partial charge is 0.0713 e. The van der Waals surface area contributed by atoms with E-state index in [4.69, 9.17) is 0 Å². The third-order valence-electron chi connectivity index (χ3n) is 13.9. The molecular weight excluding hydrogens is 773 g/mol. The van der Waals surface area contributed by atoms with Gasteiger partial charge < -0.3 is 9.80 Å². The second-order valence-electron chi connectivity index (χ2n) is 17.7. The Morgan fingerprint density at radius 2 is 0.719 bits per heavy atom. The van der Waals surface area contributed by atoms with Gasteiger partial charge in [0.25, 0.3) is 0 Å². The molecule has 304 valence electrons. The van der Waals surface area contributed by atoms with E-state index in [0.717, 1.165) is 34.1 Å². The maximum atomic E-state index is 2.46. The van der Waals surface area contributed by atoms with E-state index in [2.05, 4.69) is 266 Å². The molecule has 0 saturated carbocycles. The fourth-order valence-corrected chi connectivity index (χ4v) is 11.0. The average Bonchev–Trinajstić information content (AvgIpc) is 3.78. The van der Waals surface area contributed by atoms with Crippen LogP contribution in [0.25, 0.3) is 33.0 Å². The van der Waals surface area contributed by atoms with Crippen LogP contribution in [0.1, 0.15) is 47.2 Å². The molecule has 2 aliphatic rings. The highest BCUT2D eigenvalue weighted by Gasteiger charge is 2.46. The van der Waals surface area contributed by atoms with E-state index in [9.17, 15) is 0 Å². The van der Waals surface area contributed by atoms with E-state index in [1.165, 1.54) is 66.4 Å². The predicted octanol–water partition coefficient (Wildman–Crippen LogP) is 16.4. The van der Waals surface area contributed by atoms with Gasteiger partial charge in [0.2, 0.25) is 0 Å². The van der Waals surface area contributed by atoms with Crippen molar-refractivity contribution in [1.29, 1.82) is 0 Å². The first-order chi connectivity index (χ1) is 31.5. The van der Waals surface area contributed by atoms with Crippen molar-refractivity contribution in [3.8, 4) is 22.3 Å². The van der Waals surface area contributed by atoms with Crippen LogP contribution in [0.5, 0.6) is 0 Å². The van der Waals surface area contributed by atoms with Crippen LogP contribution >= 0.6 is 0 Å². The van der Waals surface area contributed by atoms with E-state index in [-0.39, 0.29) is 5.41 Å². The normalized spacial score (nSPS) is 13.7. The second-order valence-corrected chi connectivity index (χ2v) is 17.7. The van der Waals surface area contributed by atoms with E-state index in [1.807, 2.05) is 0 Å². The highest BCUT2D eigenvalue weighted by Crippen LogP contribution is 2.57.